The predicted molar refractivity (Wildman–Crippen MR) is 60.8 cm³/mol. The Bertz CT molecular complexity index is 394. The highest BCUT2D eigenvalue weighted by Gasteiger charge is 2.24. The van der Waals surface area contributed by atoms with Crippen molar-refractivity contribution >= 4 is 11.8 Å². The molecule has 6 heteroatoms. The van der Waals surface area contributed by atoms with Crippen molar-refractivity contribution in [3.63, 3.8) is 0 Å². The summed E-state index contributed by atoms with van der Waals surface area (Å²) in [6.07, 6.45) is 0. The maximum absolute atomic E-state index is 11.7. The molecule has 0 radical (unpaired) electrons. The Labute approximate surface area is 99.0 Å². The molecule has 0 aliphatic rings. The van der Waals surface area contributed by atoms with Crippen molar-refractivity contribution < 1.29 is 14.8 Å². The van der Waals surface area contributed by atoms with E-state index < -0.39 is 17.9 Å². The zero-order chi connectivity index (χ0) is 12.8. The van der Waals surface area contributed by atoms with Gasteiger partial charge < -0.3 is 10.6 Å². The minimum atomic E-state index is -1.39. The summed E-state index contributed by atoms with van der Waals surface area (Å²) in [4.78, 5) is 24.0. The smallest absolute Gasteiger partial charge is 0.269 e. The molecule has 1 rings (SSSR count). The van der Waals surface area contributed by atoms with Crippen LogP contribution in [-0.4, -0.2) is 35.0 Å². The van der Waals surface area contributed by atoms with Crippen LogP contribution in [0.15, 0.2) is 30.3 Å². The standard InChI is InChI=1S/C11H15N3O3/c1-14(7-8-5-3-2-4-6-8)11(16)9(12)10(15)13-17/h2-6,9,17H,7,12H2,1H3,(H,13,15). The van der Waals surface area contributed by atoms with Gasteiger partial charge in [-0.1, -0.05) is 30.3 Å². The Balaban J connectivity index is 2.62. The van der Waals surface area contributed by atoms with Crippen LogP contribution in [0, 0.1) is 0 Å². The van der Waals surface area contributed by atoms with Gasteiger partial charge in [0.15, 0.2) is 6.04 Å². The molecule has 1 atom stereocenters. The van der Waals surface area contributed by atoms with E-state index in [1.165, 1.54) is 10.4 Å². The Morgan fingerprint density at radius 1 is 1.41 bits per heavy atom. The minimum absolute atomic E-state index is 0.353. The third-order valence-electron chi connectivity index (χ3n) is 2.30. The first kappa shape index (κ1) is 13.1. The number of amides is 2. The number of carbonyl (C=O) groups excluding carboxylic acids is 2. The highest BCUT2D eigenvalue weighted by molar-refractivity contribution is 6.03. The lowest BCUT2D eigenvalue weighted by Gasteiger charge is -2.20. The largest absolute Gasteiger partial charge is 0.340 e. The van der Waals surface area contributed by atoms with Crippen molar-refractivity contribution in [1.82, 2.24) is 10.4 Å². The first-order valence-electron chi connectivity index (χ1n) is 5.04. The maximum atomic E-state index is 11.7. The molecule has 92 valence electrons. The van der Waals surface area contributed by atoms with Crippen LogP contribution >= 0.6 is 0 Å². The molecule has 0 aliphatic heterocycles. The average Bonchev–Trinajstić information content (AvgIpc) is 2.37. The van der Waals surface area contributed by atoms with E-state index in [0.717, 1.165) is 5.56 Å². The summed E-state index contributed by atoms with van der Waals surface area (Å²) in [5, 5.41) is 8.38. The topological polar surface area (TPSA) is 95.7 Å². The average molecular weight is 237 g/mol. The molecule has 1 aromatic rings. The molecule has 0 aromatic heterocycles. The fourth-order valence-electron chi connectivity index (χ4n) is 1.35. The summed E-state index contributed by atoms with van der Waals surface area (Å²) in [5.41, 5.74) is 7.65. The molecular weight excluding hydrogens is 222 g/mol. The normalized spacial score (nSPS) is 11.7. The van der Waals surface area contributed by atoms with Crippen molar-refractivity contribution in [3.8, 4) is 0 Å². The lowest BCUT2D eigenvalue weighted by atomic mass is 10.2. The van der Waals surface area contributed by atoms with Crippen LogP contribution in [0.25, 0.3) is 0 Å². The highest BCUT2D eigenvalue weighted by Crippen LogP contribution is 2.03. The molecule has 0 bridgehead atoms. The van der Waals surface area contributed by atoms with Gasteiger partial charge in [-0.2, -0.15) is 0 Å². The molecular formula is C11H15N3O3. The quantitative estimate of drug-likeness (QED) is 0.373. The zero-order valence-electron chi connectivity index (χ0n) is 9.46. The van der Waals surface area contributed by atoms with Crippen LogP contribution < -0.4 is 11.2 Å². The predicted octanol–water partition coefficient (Wildman–Crippen LogP) is -0.522. The molecule has 0 saturated carbocycles. The summed E-state index contributed by atoms with van der Waals surface area (Å²) >= 11 is 0. The molecule has 17 heavy (non-hydrogen) atoms. The van der Waals surface area contributed by atoms with E-state index in [2.05, 4.69) is 0 Å². The van der Waals surface area contributed by atoms with Gasteiger partial charge in [-0.25, -0.2) is 5.48 Å². The van der Waals surface area contributed by atoms with Gasteiger partial charge in [0.05, 0.1) is 0 Å². The lowest BCUT2D eigenvalue weighted by molar-refractivity contribution is -0.141. The maximum Gasteiger partial charge on any atom is 0.269 e. The van der Waals surface area contributed by atoms with Gasteiger partial charge >= 0.3 is 0 Å². The number of carbonyl (C=O) groups is 2. The molecule has 4 N–H and O–H groups in total. The van der Waals surface area contributed by atoms with Gasteiger partial charge in [-0.05, 0) is 5.56 Å². The molecule has 1 aromatic carbocycles. The molecule has 0 aliphatic carbocycles. The number of nitrogens with zero attached hydrogens (tertiary/aromatic N) is 1. The fourth-order valence-corrected chi connectivity index (χ4v) is 1.35. The van der Waals surface area contributed by atoms with E-state index in [-0.39, 0.29) is 0 Å². The second-order valence-corrected chi connectivity index (χ2v) is 3.63. The number of hydroxylamine groups is 1. The van der Waals surface area contributed by atoms with E-state index >= 15 is 0 Å². The first-order valence-corrected chi connectivity index (χ1v) is 5.04. The van der Waals surface area contributed by atoms with Gasteiger partial charge in [0.25, 0.3) is 5.91 Å². The molecule has 0 fully saturated rings. The molecule has 1 unspecified atom stereocenters. The number of hydrogen-bond acceptors (Lipinski definition) is 4. The van der Waals surface area contributed by atoms with Crippen LogP contribution in [0.2, 0.25) is 0 Å². The number of nitrogens with one attached hydrogen (secondary N) is 1. The lowest BCUT2D eigenvalue weighted by Crippen LogP contribution is -2.50. The van der Waals surface area contributed by atoms with E-state index in [4.69, 9.17) is 10.9 Å². The van der Waals surface area contributed by atoms with E-state index in [1.54, 1.807) is 7.05 Å². The number of benzene rings is 1. The molecule has 0 saturated heterocycles. The Morgan fingerprint density at radius 3 is 2.53 bits per heavy atom. The van der Waals surface area contributed by atoms with Gasteiger partial charge in [0.1, 0.15) is 0 Å². The Morgan fingerprint density at radius 2 is 2.00 bits per heavy atom. The van der Waals surface area contributed by atoms with Crippen LogP contribution in [0.3, 0.4) is 0 Å². The van der Waals surface area contributed by atoms with Crippen molar-refractivity contribution in [2.24, 2.45) is 5.73 Å². The van der Waals surface area contributed by atoms with Crippen LogP contribution in [0.1, 0.15) is 5.56 Å². The highest BCUT2D eigenvalue weighted by atomic mass is 16.5. The molecule has 0 heterocycles. The second kappa shape index (κ2) is 5.97. The van der Waals surface area contributed by atoms with Crippen LogP contribution in [0.4, 0.5) is 0 Å². The van der Waals surface area contributed by atoms with Crippen molar-refractivity contribution in [1.29, 1.82) is 0 Å². The summed E-state index contributed by atoms with van der Waals surface area (Å²) < 4.78 is 0. The first-order chi connectivity index (χ1) is 8.06. The van der Waals surface area contributed by atoms with Gasteiger partial charge in [-0.15, -0.1) is 0 Å². The Hall–Kier alpha value is -1.92. The number of likely N-dealkylation sites (N-methyl/N-ethyl adjacent to an activating group) is 1. The van der Waals surface area contributed by atoms with Crippen LogP contribution in [0.5, 0.6) is 0 Å². The van der Waals surface area contributed by atoms with Gasteiger partial charge in [0.2, 0.25) is 5.91 Å². The van der Waals surface area contributed by atoms with E-state index in [9.17, 15) is 9.59 Å². The number of hydrogen-bond donors (Lipinski definition) is 3. The van der Waals surface area contributed by atoms with Crippen molar-refractivity contribution in [2.75, 3.05) is 7.05 Å². The Kier molecular flexibility index (Phi) is 4.62. The molecule has 2 amide bonds. The van der Waals surface area contributed by atoms with E-state index in [1.807, 2.05) is 30.3 Å². The zero-order valence-corrected chi connectivity index (χ0v) is 9.46. The monoisotopic (exact) mass is 237 g/mol. The van der Waals surface area contributed by atoms with Crippen LogP contribution in [-0.2, 0) is 16.1 Å². The fraction of sp³-hybridized carbons (Fsp3) is 0.273. The third-order valence-corrected chi connectivity index (χ3v) is 2.30. The minimum Gasteiger partial charge on any atom is -0.340 e. The van der Waals surface area contributed by atoms with Gasteiger partial charge in [0, 0.05) is 13.6 Å². The summed E-state index contributed by atoms with van der Waals surface area (Å²) in [5.74, 6) is -1.48. The summed E-state index contributed by atoms with van der Waals surface area (Å²) in [6, 6.07) is 7.91. The van der Waals surface area contributed by atoms with Crippen molar-refractivity contribution in [3.05, 3.63) is 35.9 Å². The second-order valence-electron chi connectivity index (χ2n) is 3.63. The summed E-state index contributed by atoms with van der Waals surface area (Å²) in [6.45, 7) is 0.353. The summed E-state index contributed by atoms with van der Waals surface area (Å²) in [7, 11) is 1.54. The van der Waals surface area contributed by atoms with E-state index in [0.29, 0.717) is 6.54 Å². The van der Waals surface area contributed by atoms with Gasteiger partial charge in [-0.3, -0.25) is 14.8 Å². The molecule has 0 spiro atoms. The molecule has 6 nitrogen and oxygen atoms in total. The van der Waals surface area contributed by atoms with Crippen molar-refractivity contribution in [2.45, 2.75) is 12.6 Å². The number of nitrogens with two attached hydrogens (primary N) is 1. The SMILES string of the molecule is CN(Cc1ccccc1)C(=O)C(N)C(=O)NO. The number of rotatable bonds is 4. The third kappa shape index (κ3) is 3.54.